The number of rotatable bonds is 2. The first-order chi connectivity index (χ1) is 13.2. The van der Waals surface area contributed by atoms with Crippen LogP contribution >= 0.6 is 11.3 Å². The molecule has 27 heavy (non-hydrogen) atoms. The number of aryl methyl sites for hydroxylation is 1. The van der Waals surface area contributed by atoms with Gasteiger partial charge >= 0.3 is 0 Å². The zero-order valence-corrected chi connectivity index (χ0v) is 15.7. The molecule has 142 valence electrons. The molecular formula is C18H21N5O3S. The number of morpholine rings is 1. The highest BCUT2D eigenvalue weighted by Crippen LogP contribution is 2.40. The summed E-state index contributed by atoms with van der Waals surface area (Å²) in [6.07, 6.45) is 6.03. The minimum atomic E-state index is -0.250. The second-order valence-corrected chi connectivity index (χ2v) is 7.21. The van der Waals surface area contributed by atoms with E-state index in [0.29, 0.717) is 11.4 Å². The molecule has 0 spiro atoms. The van der Waals surface area contributed by atoms with Crippen LogP contribution in [0.2, 0.25) is 0 Å². The van der Waals surface area contributed by atoms with Crippen LogP contribution in [0.3, 0.4) is 0 Å². The lowest BCUT2D eigenvalue weighted by atomic mass is 9.89. The van der Waals surface area contributed by atoms with E-state index < -0.39 is 0 Å². The van der Waals surface area contributed by atoms with Gasteiger partial charge < -0.3 is 20.5 Å². The van der Waals surface area contributed by atoms with Gasteiger partial charge in [0, 0.05) is 30.5 Å². The van der Waals surface area contributed by atoms with Gasteiger partial charge in [0.05, 0.1) is 18.1 Å². The number of nitrogens with two attached hydrogens (primary N) is 1. The van der Waals surface area contributed by atoms with Crippen molar-refractivity contribution in [1.29, 1.82) is 5.26 Å². The highest BCUT2D eigenvalue weighted by molar-refractivity contribution is 7.19. The molecule has 0 unspecified atom stereocenters. The van der Waals surface area contributed by atoms with Crippen molar-refractivity contribution in [3.8, 4) is 16.5 Å². The van der Waals surface area contributed by atoms with Gasteiger partial charge in [0.25, 0.3) is 6.47 Å². The Morgan fingerprint density at radius 1 is 1.33 bits per heavy atom. The van der Waals surface area contributed by atoms with Crippen LogP contribution in [0.5, 0.6) is 0 Å². The summed E-state index contributed by atoms with van der Waals surface area (Å²) in [6, 6.07) is 2.26. The van der Waals surface area contributed by atoms with E-state index in [1.54, 1.807) is 11.3 Å². The van der Waals surface area contributed by atoms with E-state index in [2.05, 4.69) is 20.9 Å². The molecule has 0 aromatic carbocycles. The number of nitriles is 1. The van der Waals surface area contributed by atoms with Gasteiger partial charge in [0.2, 0.25) is 0 Å². The molecule has 1 aliphatic heterocycles. The van der Waals surface area contributed by atoms with Crippen molar-refractivity contribution in [2.75, 3.05) is 36.9 Å². The maximum absolute atomic E-state index is 9.60. The van der Waals surface area contributed by atoms with E-state index in [1.165, 1.54) is 5.56 Å². The van der Waals surface area contributed by atoms with E-state index in [4.69, 9.17) is 20.4 Å². The summed E-state index contributed by atoms with van der Waals surface area (Å²) in [5, 5.41) is 17.5. The van der Waals surface area contributed by atoms with Gasteiger partial charge in [0.1, 0.15) is 17.5 Å². The third-order valence-corrected chi connectivity index (χ3v) is 5.71. The fourth-order valence-corrected chi connectivity index (χ4v) is 4.48. The Hall–Kier alpha value is -2.70. The number of fused-ring (bicyclic) bond motifs is 1. The van der Waals surface area contributed by atoms with Crippen LogP contribution in [0.25, 0.3) is 10.4 Å². The minimum Gasteiger partial charge on any atom is -0.483 e. The SMILES string of the molecule is N#Cc1c(N)nc2c(c1-c1cnc(N3CCOCC3)s1)CCCC2.O=CO. The molecule has 0 radical (unpaired) electrons. The van der Waals surface area contributed by atoms with Gasteiger partial charge in [-0.15, -0.1) is 0 Å². The lowest BCUT2D eigenvalue weighted by Crippen LogP contribution is -2.36. The van der Waals surface area contributed by atoms with E-state index in [-0.39, 0.29) is 6.47 Å². The highest BCUT2D eigenvalue weighted by atomic mass is 32.1. The Bertz CT molecular complexity index is 855. The highest BCUT2D eigenvalue weighted by Gasteiger charge is 2.24. The molecule has 0 bridgehead atoms. The number of hydrogen-bond donors (Lipinski definition) is 2. The summed E-state index contributed by atoms with van der Waals surface area (Å²) in [5.41, 5.74) is 9.75. The van der Waals surface area contributed by atoms with Gasteiger partial charge in [-0.1, -0.05) is 11.3 Å². The van der Waals surface area contributed by atoms with Crippen molar-refractivity contribution in [1.82, 2.24) is 9.97 Å². The quantitative estimate of drug-likeness (QED) is 0.750. The number of hydrogen-bond acceptors (Lipinski definition) is 8. The summed E-state index contributed by atoms with van der Waals surface area (Å²) < 4.78 is 5.41. The first kappa shape index (κ1) is 19.1. The predicted molar refractivity (Wildman–Crippen MR) is 103 cm³/mol. The smallest absolute Gasteiger partial charge is 0.290 e. The summed E-state index contributed by atoms with van der Waals surface area (Å²) in [5.74, 6) is 0.342. The average molecular weight is 387 g/mol. The Morgan fingerprint density at radius 2 is 2.04 bits per heavy atom. The molecule has 3 heterocycles. The molecule has 0 amide bonds. The number of pyridine rings is 1. The van der Waals surface area contributed by atoms with E-state index >= 15 is 0 Å². The summed E-state index contributed by atoms with van der Waals surface area (Å²) >= 11 is 1.63. The largest absolute Gasteiger partial charge is 0.483 e. The number of thiazole rings is 1. The molecule has 9 heteroatoms. The number of aromatic nitrogens is 2. The van der Waals surface area contributed by atoms with Gasteiger partial charge in [-0.05, 0) is 31.2 Å². The van der Waals surface area contributed by atoms with E-state index in [0.717, 1.165) is 73.3 Å². The number of ether oxygens (including phenoxy) is 1. The van der Waals surface area contributed by atoms with Crippen LogP contribution in [0.4, 0.5) is 10.9 Å². The lowest BCUT2D eigenvalue weighted by Gasteiger charge is -2.26. The van der Waals surface area contributed by atoms with Crippen LogP contribution in [0.15, 0.2) is 6.20 Å². The van der Waals surface area contributed by atoms with Crippen molar-refractivity contribution in [3.63, 3.8) is 0 Å². The molecule has 4 rings (SSSR count). The fraction of sp³-hybridized carbons (Fsp3) is 0.444. The molecule has 1 fully saturated rings. The third-order valence-electron chi connectivity index (χ3n) is 4.64. The van der Waals surface area contributed by atoms with Gasteiger partial charge in [0.15, 0.2) is 5.13 Å². The first-order valence-electron chi connectivity index (χ1n) is 8.77. The van der Waals surface area contributed by atoms with Crippen LogP contribution in [-0.4, -0.2) is 47.8 Å². The minimum absolute atomic E-state index is 0.250. The maximum atomic E-state index is 9.60. The van der Waals surface area contributed by atoms with Crippen LogP contribution in [-0.2, 0) is 22.4 Å². The van der Waals surface area contributed by atoms with Crippen LogP contribution in [0.1, 0.15) is 29.7 Å². The second-order valence-electron chi connectivity index (χ2n) is 6.20. The monoisotopic (exact) mass is 387 g/mol. The number of anilines is 2. The molecular weight excluding hydrogens is 366 g/mol. The Labute approximate surface area is 161 Å². The summed E-state index contributed by atoms with van der Waals surface area (Å²) in [6.45, 7) is 2.93. The molecule has 0 saturated carbocycles. The second kappa shape index (κ2) is 8.79. The maximum Gasteiger partial charge on any atom is 0.290 e. The van der Waals surface area contributed by atoms with Crippen LogP contribution < -0.4 is 10.6 Å². The Balaban J connectivity index is 0.000000659. The molecule has 2 aromatic heterocycles. The number of carboxylic acid groups (broad SMARTS) is 1. The van der Waals surface area contributed by atoms with Crippen molar-refractivity contribution in [2.24, 2.45) is 0 Å². The van der Waals surface area contributed by atoms with Gasteiger partial charge in [-0.3, -0.25) is 4.79 Å². The van der Waals surface area contributed by atoms with Gasteiger partial charge in [-0.25, -0.2) is 9.97 Å². The summed E-state index contributed by atoms with van der Waals surface area (Å²) in [7, 11) is 0. The Morgan fingerprint density at radius 3 is 2.74 bits per heavy atom. The van der Waals surface area contributed by atoms with Crippen molar-refractivity contribution >= 4 is 28.8 Å². The Kier molecular flexibility index (Phi) is 6.21. The zero-order chi connectivity index (χ0) is 19.2. The van der Waals surface area contributed by atoms with Crippen molar-refractivity contribution in [2.45, 2.75) is 25.7 Å². The molecule has 1 saturated heterocycles. The van der Waals surface area contributed by atoms with Crippen LogP contribution in [0, 0.1) is 11.3 Å². The summed E-state index contributed by atoms with van der Waals surface area (Å²) in [4.78, 5) is 20.7. The lowest BCUT2D eigenvalue weighted by molar-refractivity contribution is -0.122. The van der Waals surface area contributed by atoms with Crippen molar-refractivity contribution < 1.29 is 14.6 Å². The van der Waals surface area contributed by atoms with E-state index in [9.17, 15) is 5.26 Å². The molecule has 2 aliphatic rings. The van der Waals surface area contributed by atoms with Gasteiger partial charge in [-0.2, -0.15) is 5.26 Å². The zero-order valence-electron chi connectivity index (χ0n) is 14.8. The first-order valence-corrected chi connectivity index (χ1v) is 9.59. The normalized spacial score (nSPS) is 15.9. The number of nitrogens with zero attached hydrogens (tertiary/aromatic N) is 4. The standard InChI is InChI=1S/C17H19N5OS.CH2O2/c18-9-12-15(11-3-1-2-4-13(11)21-16(12)19)14-10-20-17(24-14)22-5-7-23-8-6-22;2-1-3/h10H,1-8H2,(H2,19,21);1H,(H,2,3). The predicted octanol–water partition coefficient (Wildman–Crippen LogP) is 2.08. The molecule has 8 nitrogen and oxygen atoms in total. The third kappa shape index (κ3) is 4.02. The number of nitrogen functional groups attached to an aromatic ring is 1. The topological polar surface area (TPSA) is 125 Å². The van der Waals surface area contributed by atoms with E-state index in [1.807, 2.05) is 6.20 Å². The molecule has 3 N–H and O–H groups in total. The molecule has 0 atom stereocenters. The molecule has 1 aliphatic carbocycles. The number of carbonyl (C=O) groups is 1. The average Bonchev–Trinajstić information content (AvgIpc) is 3.18. The van der Waals surface area contributed by atoms with Crippen molar-refractivity contribution in [3.05, 3.63) is 23.0 Å². The fourth-order valence-electron chi connectivity index (χ4n) is 3.43. The molecule has 2 aromatic rings.